The number of hydrogen-bond acceptors (Lipinski definition) is 4. The highest BCUT2D eigenvalue weighted by atomic mass is 32.2. The third-order valence-corrected chi connectivity index (χ3v) is 5.50. The summed E-state index contributed by atoms with van der Waals surface area (Å²) in [6.07, 6.45) is 8.58. The van der Waals surface area contributed by atoms with E-state index in [1.165, 1.54) is 19.6 Å². The van der Waals surface area contributed by atoms with Crippen molar-refractivity contribution in [3.63, 3.8) is 0 Å². The quantitative estimate of drug-likeness (QED) is 0.728. The molecule has 0 radical (unpaired) electrons. The second kappa shape index (κ2) is 6.26. The van der Waals surface area contributed by atoms with Crippen molar-refractivity contribution in [3.05, 3.63) is 12.1 Å². The van der Waals surface area contributed by atoms with E-state index < -0.39 is 0 Å². The van der Waals surface area contributed by atoms with Crippen LogP contribution in [0.2, 0.25) is 0 Å². The molecule has 1 rings (SSSR count). The van der Waals surface area contributed by atoms with Gasteiger partial charge in [-0.05, 0) is 37.2 Å². The van der Waals surface area contributed by atoms with Crippen LogP contribution in [0.4, 0.5) is 0 Å². The Labute approximate surface area is 103 Å². The summed E-state index contributed by atoms with van der Waals surface area (Å²) in [4.78, 5) is 5.63. The van der Waals surface area contributed by atoms with E-state index in [2.05, 4.69) is 37.2 Å². The molecule has 0 aromatic heterocycles. The van der Waals surface area contributed by atoms with Gasteiger partial charge in [-0.2, -0.15) is 0 Å². The Kier molecular flexibility index (Phi) is 5.67. The molecule has 1 aromatic carbocycles. The largest absolute Gasteiger partial charge is 0.128 e. The number of thioether (sulfide) groups is 4. The normalized spacial score (nSPS) is 10.6. The zero-order chi connectivity index (χ0) is 10.6. The van der Waals surface area contributed by atoms with Gasteiger partial charge in [0.05, 0.1) is 0 Å². The van der Waals surface area contributed by atoms with Gasteiger partial charge in [0.25, 0.3) is 0 Å². The minimum atomic E-state index is 1.39. The average molecular weight is 262 g/mol. The van der Waals surface area contributed by atoms with Gasteiger partial charge in [-0.15, -0.1) is 47.0 Å². The molecule has 0 heterocycles. The summed E-state index contributed by atoms with van der Waals surface area (Å²) in [7, 11) is 0. The first kappa shape index (κ1) is 12.7. The Morgan fingerprint density at radius 3 is 1.21 bits per heavy atom. The Morgan fingerprint density at radius 2 is 1.00 bits per heavy atom. The molecule has 1 aromatic rings. The van der Waals surface area contributed by atoms with Gasteiger partial charge in [-0.3, -0.25) is 0 Å². The van der Waals surface area contributed by atoms with Crippen molar-refractivity contribution in [2.24, 2.45) is 0 Å². The predicted octanol–water partition coefficient (Wildman–Crippen LogP) is 4.57. The highest BCUT2D eigenvalue weighted by Gasteiger charge is 2.10. The van der Waals surface area contributed by atoms with Gasteiger partial charge in [0.2, 0.25) is 0 Å². The van der Waals surface area contributed by atoms with Crippen molar-refractivity contribution in [3.8, 4) is 0 Å². The van der Waals surface area contributed by atoms with Crippen LogP contribution in [0.1, 0.15) is 0 Å². The molecule has 0 saturated carbocycles. The van der Waals surface area contributed by atoms with Crippen molar-refractivity contribution in [1.82, 2.24) is 0 Å². The fraction of sp³-hybridized carbons (Fsp3) is 0.400. The van der Waals surface area contributed by atoms with Gasteiger partial charge in [0.1, 0.15) is 0 Å². The summed E-state index contributed by atoms with van der Waals surface area (Å²) in [6, 6.07) is 4.45. The lowest BCUT2D eigenvalue weighted by atomic mass is 10.3. The first-order chi connectivity index (χ1) is 6.78. The maximum absolute atomic E-state index is 2.22. The van der Waals surface area contributed by atoms with E-state index in [0.29, 0.717) is 0 Å². The fourth-order valence-corrected chi connectivity index (χ4v) is 4.98. The molecule has 4 heteroatoms. The highest BCUT2D eigenvalue weighted by Crippen LogP contribution is 2.41. The van der Waals surface area contributed by atoms with Gasteiger partial charge in [0, 0.05) is 19.6 Å². The molecule has 0 spiro atoms. The molecule has 14 heavy (non-hydrogen) atoms. The lowest BCUT2D eigenvalue weighted by Crippen LogP contribution is -1.85. The van der Waals surface area contributed by atoms with E-state index in [0.717, 1.165) is 0 Å². The van der Waals surface area contributed by atoms with Crippen molar-refractivity contribution in [2.75, 3.05) is 25.0 Å². The van der Waals surface area contributed by atoms with Crippen LogP contribution in [0.5, 0.6) is 0 Å². The number of hydrogen-bond donors (Lipinski definition) is 0. The minimum Gasteiger partial charge on any atom is -0.128 e. The van der Waals surface area contributed by atoms with E-state index >= 15 is 0 Å². The molecule has 0 N–H and O–H groups in total. The summed E-state index contributed by atoms with van der Waals surface area (Å²) >= 11 is 7.34. The van der Waals surface area contributed by atoms with Crippen LogP contribution in [-0.2, 0) is 0 Å². The van der Waals surface area contributed by atoms with Crippen LogP contribution in [0.25, 0.3) is 0 Å². The summed E-state index contributed by atoms with van der Waals surface area (Å²) in [5, 5.41) is 0. The topological polar surface area (TPSA) is 0 Å². The molecule has 0 nitrogen and oxygen atoms in total. The number of rotatable bonds is 4. The van der Waals surface area contributed by atoms with Crippen LogP contribution in [-0.4, -0.2) is 25.0 Å². The molecule has 0 aliphatic rings. The van der Waals surface area contributed by atoms with E-state index in [-0.39, 0.29) is 0 Å². The van der Waals surface area contributed by atoms with Crippen LogP contribution in [0.15, 0.2) is 31.7 Å². The Balaban J connectivity index is 3.28. The van der Waals surface area contributed by atoms with E-state index in [1.54, 1.807) is 0 Å². The summed E-state index contributed by atoms with van der Waals surface area (Å²) in [5.74, 6) is 0. The summed E-state index contributed by atoms with van der Waals surface area (Å²) in [5.41, 5.74) is 0. The van der Waals surface area contributed by atoms with Crippen LogP contribution >= 0.6 is 47.0 Å². The summed E-state index contributed by atoms with van der Waals surface area (Å²) < 4.78 is 0. The SMILES string of the molecule is CSc1ccc(SC)c(SC)c1SC. The standard InChI is InChI=1S/C10H14S4/c1-11-7-5-6-8(12-2)10(14-4)9(7)13-3/h5-6H,1-4H3. The Morgan fingerprint density at radius 1 is 0.643 bits per heavy atom. The molecule has 78 valence electrons. The molecular weight excluding hydrogens is 248 g/mol. The van der Waals surface area contributed by atoms with Gasteiger partial charge in [-0.25, -0.2) is 0 Å². The molecule has 0 aliphatic heterocycles. The predicted molar refractivity (Wildman–Crippen MR) is 73.6 cm³/mol. The maximum Gasteiger partial charge on any atom is 0.0353 e. The molecule has 0 unspecified atom stereocenters. The zero-order valence-corrected chi connectivity index (χ0v) is 12.1. The second-order valence-electron chi connectivity index (χ2n) is 2.54. The Hall–Kier alpha value is 0.620. The lowest BCUT2D eigenvalue weighted by molar-refractivity contribution is 1.04. The molecule has 0 saturated heterocycles. The van der Waals surface area contributed by atoms with Gasteiger partial charge >= 0.3 is 0 Å². The van der Waals surface area contributed by atoms with Crippen molar-refractivity contribution in [2.45, 2.75) is 19.6 Å². The lowest BCUT2D eigenvalue weighted by Gasteiger charge is -2.13. The zero-order valence-electron chi connectivity index (χ0n) is 8.79. The van der Waals surface area contributed by atoms with Crippen LogP contribution in [0, 0.1) is 0 Å². The highest BCUT2D eigenvalue weighted by molar-refractivity contribution is 8.04. The van der Waals surface area contributed by atoms with E-state index in [9.17, 15) is 0 Å². The van der Waals surface area contributed by atoms with Gasteiger partial charge in [-0.1, -0.05) is 0 Å². The fourth-order valence-electron chi connectivity index (χ4n) is 1.23. The monoisotopic (exact) mass is 262 g/mol. The molecule has 0 aliphatic carbocycles. The molecular formula is C10H14S4. The van der Waals surface area contributed by atoms with E-state index in [1.807, 2.05) is 47.0 Å². The molecule has 0 amide bonds. The first-order valence-corrected chi connectivity index (χ1v) is 9.01. The van der Waals surface area contributed by atoms with Crippen molar-refractivity contribution < 1.29 is 0 Å². The smallest absolute Gasteiger partial charge is 0.0353 e. The molecule has 0 bridgehead atoms. The third-order valence-electron chi connectivity index (χ3n) is 1.89. The first-order valence-electron chi connectivity index (χ1n) is 4.11. The molecule has 0 fully saturated rings. The maximum atomic E-state index is 2.22. The van der Waals surface area contributed by atoms with E-state index in [4.69, 9.17) is 0 Å². The van der Waals surface area contributed by atoms with Crippen LogP contribution < -0.4 is 0 Å². The van der Waals surface area contributed by atoms with Gasteiger partial charge in [0.15, 0.2) is 0 Å². The Bertz CT molecular complexity index is 278. The van der Waals surface area contributed by atoms with Gasteiger partial charge < -0.3 is 0 Å². The van der Waals surface area contributed by atoms with Crippen LogP contribution in [0.3, 0.4) is 0 Å². The second-order valence-corrected chi connectivity index (χ2v) is 5.87. The average Bonchev–Trinajstić information content (AvgIpc) is 2.26. The minimum absolute atomic E-state index is 1.39. The molecule has 0 atom stereocenters. The third kappa shape index (κ3) is 2.60. The van der Waals surface area contributed by atoms with Crippen molar-refractivity contribution in [1.29, 1.82) is 0 Å². The van der Waals surface area contributed by atoms with Crippen molar-refractivity contribution >= 4 is 47.0 Å². The summed E-state index contributed by atoms with van der Waals surface area (Å²) in [6.45, 7) is 0. The number of benzene rings is 1.